The van der Waals surface area contributed by atoms with Crippen LogP contribution in [0.4, 0.5) is 5.69 Å². The van der Waals surface area contributed by atoms with Crippen molar-refractivity contribution in [3.05, 3.63) is 88.9 Å². The molecule has 0 spiro atoms. The van der Waals surface area contributed by atoms with Gasteiger partial charge in [-0.15, -0.1) is 0 Å². The van der Waals surface area contributed by atoms with Crippen molar-refractivity contribution in [1.82, 2.24) is 10.2 Å². The standard InChI is InChI=1S/C26H28BrN3O5S/c1-19(26(32)28-2)29(17-20-8-7-9-21(27)16-20)25(31)18-30(22-10-5-4-6-11-22)36(33,34)24-14-12-23(35-3)13-15-24/h4-16,19H,17-18H2,1-3H3,(H,28,32)/t19-/m0/s1. The number of amides is 2. The number of halogens is 1. The second-order valence-corrected chi connectivity index (χ2v) is 10.7. The summed E-state index contributed by atoms with van der Waals surface area (Å²) >= 11 is 3.42. The van der Waals surface area contributed by atoms with Crippen molar-refractivity contribution in [2.75, 3.05) is 25.0 Å². The van der Waals surface area contributed by atoms with Crippen LogP contribution in [0.15, 0.2) is 88.2 Å². The molecule has 1 N–H and O–H groups in total. The third-order valence-corrected chi connectivity index (χ3v) is 7.91. The van der Waals surface area contributed by atoms with Gasteiger partial charge in [-0.1, -0.05) is 46.3 Å². The minimum absolute atomic E-state index is 0.0119. The molecule has 0 heterocycles. The Hall–Kier alpha value is -3.37. The highest BCUT2D eigenvalue weighted by molar-refractivity contribution is 9.10. The smallest absolute Gasteiger partial charge is 0.264 e. The van der Waals surface area contributed by atoms with Crippen LogP contribution in [0.5, 0.6) is 5.75 Å². The molecule has 3 rings (SSSR count). The fraction of sp³-hybridized carbons (Fsp3) is 0.231. The number of sulfonamides is 1. The van der Waals surface area contributed by atoms with Crippen molar-refractivity contribution in [2.45, 2.75) is 24.4 Å². The van der Waals surface area contributed by atoms with E-state index in [1.54, 1.807) is 49.4 Å². The maximum absolute atomic E-state index is 13.7. The number of methoxy groups -OCH3 is 1. The molecule has 0 radical (unpaired) electrons. The third-order valence-electron chi connectivity index (χ3n) is 5.63. The number of para-hydroxylation sites is 1. The van der Waals surface area contributed by atoms with Gasteiger partial charge >= 0.3 is 0 Å². The minimum atomic E-state index is -4.12. The summed E-state index contributed by atoms with van der Waals surface area (Å²) in [6.45, 7) is 1.24. The van der Waals surface area contributed by atoms with Gasteiger partial charge in [0.05, 0.1) is 17.7 Å². The van der Waals surface area contributed by atoms with Gasteiger partial charge in [-0.25, -0.2) is 8.42 Å². The lowest BCUT2D eigenvalue weighted by Gasteiger charge is -2.31. The first-order chi connectivity index (χ1) is 17.2. The van der Waals surface area contributed by atoms with E-state index < -0.39 is 28.5 Å². The van der Waals surface area contributed by atoms with Gasteiger partial charge in [0.25, 0.3) is 10.0 Å². The molecule has 0 fully saturated rings. The van der Waals surface area contributed by atoms with Crippen molar-refractivity contribution in [3.63, 3.8) is 0 Å². The number of benzene rings is 3. The van der Waals surface area contributed by atoms with Crippen LogP contribution in [-0.4, -0.2) is 51.9 Å². The largest absolute Gasteiger partial charge is 0.497 e. The van der Waals surface area contributed by atoms with Crippen molar-refractivity contribution >= 4 is 43.5 Å². The Bertz CT molecular complexity index is 1300. The summed E-state index contributed by atoms with van der Waals surface area (Å²) in [6, 6.07) is 20.9. The van der Waals surface area contributed by atoms with E-state index in [-0.39, 0.29) is 17.3 Å². The van der Waals surface area contributed by atoms with E-state index >= 15 is 0 Å². The first-order valence-electron chi connectivity index (χ1n) is 11.1. The number of likely N-dealkylation sites (N-methyl/N-ethyl adjacent to an activating group) is 1. The number of ether oxygens (including phenoxy) is 1. The zero-order valence-corrected chi connectivity index (χ0v) is 22.6. The van der Waals surface area contributed by atoms with Gasteiger partial charge in [-0.05, 0) is 61.0 Å². The molecule has 0 aliphatic rings. The summed E-state index contributed by atoms with van der Waals surface area (Å²) in [5.41, 5.74) is 1.12. The van der Waals surface area contributed by atoms with E-state index in [9.17, 15) is 18.0 Å². The van der Waals surface area contributed by atoms with Gasteiger partial charge in [-0.3, -0.25) is 13.9 Å². The molecule has 8 nitrogen and oxygen atoms in total. The number of rotatable bonds is 10. The van der Waals surface area contributed by atoms with E-state index in [4.69, 9.17) is 4.74 Å². The minimum Gasteiger partial charge on any atom is -0.497 e. The average molecular weight is 574 g/mol. The summed E-state index contributed by atoms with van der Waals surface area (Å²) in [5, 5.41) is 2.56. The van der Waals surface area contributed by atoms with Gasteiger partial charge in [0.1, 0.15) is 18.3 Å². The van der Waals surface area contributed by atoms with Crippen LogP contribution in [0, 0.1) is 0 Å². The van der Waals surface area contributed by atoms with Crippen molar-refractivity contribution in [1.29, 1.82) is 0 Å². The van der Waals surface area contributed by atoms with Crippen LogP contribution in [0.25, 0.3) is 0 Å². The molecule has 0 bridgehead atoms. The average Bonchev–Trinajstić information content (AvgIpc) is 2.89. The summed E-state index contributed by atoms with van der Waals surface area (Å²) in [4.78, 5) is 27.5. The monoisotopic (exact) mass is 573 g/mol. The zero-order chi connectivity index (χ0) is 26.3. The number of nitrogens with one attached hydrogen (secondary N) is 1. The molecule has 0 aliphatic heterocycles. The molecule has 0 saturated heterocycles. The molecule has 2 amide bonds. The molecule has 3 aromatic rings. The summed E-state index contributed by atoms with van der Waals surface area (Å²) in [5.74, 6) is -0.370. The van der Waals surface area contributed by atoms with Gasteiger partial charge < -0.3 is 15.0 Å². The van der Waals surface area contributed by atoms with Gasteiger partial charge in [-0.2, -0.15) is 0 Å². The second kappa shape index (κ2) is 12.0. The van der Waals surface area contributed by atoms with Crippen molar-refractivity contribution in [3.8, 4) is 5.75 Å². The maximum Gasteiger partial charge on any atom is 0.264 e. The van der Waals surface area contributed by atoms with Gasteiger partial charge in [0.15, 0.2) is 0 Å². The van der Waals surface area contributed by atoms with E-state index in [1.807, 2.05) is 24.3 Å². The number of carbonyl (C=O) groups is 2. The van der Waals surface area contributed by atoms with Crippen molar-refractivity contribution < 1.29 is 22.7 Å². The number of hydrogen-bond donors (Lipinski definition) is 1. The fourth-order valence-corrected chi connectivity index (χ4v) is 5.48. The number of nitrogens with zero attached hydrogens (tertiary/aromatic N) is 2. The highest BCUT2D eigenvalue weighted by Gasteiger charge is 2.32. The Morgan fingerprint density at radius 2 is 1.67 bits per heavy atom. The topological polar surface area (TPSA) is 96.0 Å². The molecule has 36 heavy (non-hydrogen) atoms. The molecule has 1 atom stereocenters. The molecular weight excluding hydrogens is 546 g/mol. The number of hydrogen-bond acceptors (Lipinski definition) is 5. The van der Waals surface area contributed by atoms with Gasteiger partial charge in [0, 0.05) is 18.1 Å². The van der Waals surface area contributed by atoms with E-state index in [0.29, 0.717) is 11.4 Å². The second-order valence-electron chi connectivity index (χ2n) is 7.96. The molecule has 0 aromatic heterocycles. The molecule has 3 aromatic carbocycles. The van der Waals surface area contributed by atoms with Crippen LogP contribution < -0.4 is 14.4 Å². The molecule has 10 heteroatoms. The molecule has 0 saturated carbocycles. The SMILES string of the molecule is CNC(=O)[C@H](C)N(Cc1cccc(Br)c1)C(=O)CN(c1ccccc1)S(=O)(=O)c1ccc(OC)cc1. The third kappa shape index (κ3) is 6.44. The fourth-order valence-electron chi connectivity index (χ4n) is 3.62. The van der Waals surface area contributed by atoms with Crippen LogP contribution in [0.1, 0.15) is 12.5 Å². The summed E-state index contributed by atoms with van der Waals surface area (Å²) < 4.78 is 34.4. The Balaban J connectivity index is 2.00. The van der Waals surface area contributed by atoms with Crippen molar-refractivity contribution in [2.24, 2.45) is 0 Å². The Morgan fingerprint density at radius 3 is 2.25 bits per heavy atom. The summed E-state index contributed by atoms with van der Waals surface area (Å²) in [6.07, 6.45) is 0. The normalized spacial score (nSPS) is 11.9. The lowest BCUT2D eigenvalue weighted by Crippen LogP contribution is -2.50. The first-order valence-corrected chi connectivity index (χ1v) is 13.4. The number of anilines is 1. The quantitative estimate of drug-likeness (QED) is 0.398. The van der Waals surface area contributed by atoms with E-state index in [1.165, 1.54) is 31.2 Å². The van der Waals surface area contributed by atoms with Gasteiger partial charge in [0.2, 0.25) is 11.8 Å². The summed E-state index contributed by atoms with van der Waals surface area (Å²) in [7, 11) is -1.13. The van der Waals surface area contributed by atoms with E-state index in [2.05, 4.69) is 21.2 Å². The number of carbonyl (C=O) groups excluding carboxylic acids is 2. The molecule has 0 unspecified atom stereocenters. The Kier molecular flexibility index (Phi) is 9.11. The Labute approximate surface area is 220 Å². The molecule has 0 aliphatic carbocycles. The highest BCUT2D eigenvalue weighted by atomic mass is 79.9. The zero-order valence-electron chi connectivity index (χ0n) is 20.2. The molecule has 190 valence electrons. The van der Waals surface area contributed by atoms with Crippen LogP contribution >= 0.6 is 15.9 Å². The van der Waals surface area contributed by atoms with Crippen LogP contribution in [0.3, 0.4) is 0 Å². The predicted molar refractivity (Wildman–Crippen MR) is 142 cm³/mol. The van der Waals surface area contributed by atoms with Crippen LogP contribution in [0.2, 0.25) is 0 Å². The predicted octanol–water partition coefficient (Wildman–Crippen LogP) is 3.82. The van der Waals surface area contributed by atoms with E-state index in [0.717, 1.165) is 14.3 Å². The lowest BCUT2D eigenvalue weighted by molar-refractivity contribution is -0.139. The first kappa shape index (κ1) is 27.2. The van der Waals surface area contributed by atoms with Crippen LogP contribution in [-0.2, 0) is 26.2 Å². The maximum atomic E-state index is 13.7. The Morgan fingerprint density at radius 1 is 1.00 bits per heavy atom. The highest BCUT2D eigenvalue weighted by Crippen LogP contribution is 2.26. The lowest BCUT2D eigenvalue weighted by atomic mass is 10.1. The molecular formula is C26H28BrN3O5S.